The molecule has 1 aromatic rings. The summed E-state index contributed by atoms with van der Waals surface area (Å²) >= 11 is 0. The van der Waals surface area contributed by atoms with Crippen LogP contribution in [0.5, 0.6) is 0 Å². The summed E-state index contributed by atoms with van der Waals surface area (Å²) in [6.07, 6.45) is 2.18. The van der Waals surface area contributed by atoms with Crippen LogP contribution in [-0.2, 0) is 11.0 Å². The molecule has 0 unspecified atom stereocenters. The normalized spacial score (nSPS) is 23.6. The van der Waals surface area contributed by atoms with Gasteiger partial charge in [0.1, 0.15) is 0 Å². The summed E-state index contributed by atoms with van der Waals surface area (Å²) < 4.78 is 38.5. The minimum Gasteiger partial charge on any atom is -0.370 e. The number of aromatic nitrogens is 1. The number of rotatable bonds is 4. The standard InChI is InChI=1S/C16H20F3N3O/c17-16(18,19)12-6-13(9-21-8-12)22-5-1-2-11(10-22)15(3-4-15)7-14(20)23/h6,8-9,11H,1-5,7,10H2,(H2,20,23)/t11-/m0/s1. The van der Waals surface area contributed by atoms with Crippen LogP contribution in [0.25, 0.3) is 0 Å². The minimum absolute atomic E-state index is 0.0282. The second-order valence-electron chi connectivity index (χ2n) is 6.72. The van der Waals surface area contributed by atoms with E-state index in [1.165, 1.54) is 6.20 Å². The van der Waals surface area contributed by atoms with Crippen molar-refractivity contribution in [3.8, 4) is 0 Å². The third-order valence-corrected chi connectivity index (χ3v) is 5.12. The molecule has 23 heavy (non-hydrogen) atoms. The Morgan fingerprint density at radius 2 is 2.13 bits per heavy atom. The number of pyridine rings is 1. The second-order valence-corrected chi connectivity index (χ2v) is 6.72. The summed E-state index contributed by atoms with van der Waals surface area (Å²) in [7, 11) is 0. The van der Waals surface area contributed by atoms with E-state index in [1.807, 2.05) is 4.90 Å². The molecular weight excluding hydrogens is 307 g/mol. The van der Waals surface area contributed by atoms with Crippen molar-refractivity contribution in [1.29, 1.82) is 0 Å². The molecule has 2 heterocycles. The van der Waals surface area contributed by atoms with Gasteiger partial charge in [0, 0.05) is 25.7 Å². The van der Waals surface area contributed by atoms with Gasteiger partial charge in [-0.3, -0.25) is 9.78 Å². The SMILES string of the molecule is NC(=O)CC1([C@H]2CCCN(c3cncc(C(F)(F)F)c3)C2)CC1. The van der Waals surface area contributed by atoms with Crippen LogP contribution in [0.2, 0.25) is 0 Å². The van der Waals surface area contributed by atoms with E-state index in [1.54, 1.807) is 0 Å². The van der Waals surface area contributed by atoms with Crippen molar-refractivity contribution in [2.24, 2.45) is 17.1 Å². The van der Waals surface area contributed by atoms with Crippen molar-refractivity contribution in [3.05, 3.63) is 24.0 Å². The third-order valence-electron chi connectivity index (χ3n) is 5.12. The summed E-state index contributed by atoms with van der Waals surface area (Å²) in [5, 5.41) is 0. The second kappa shape index (κ2) is 5.69. The Balaban J connectivity index is 1.76. The van der Waals surface area contributed by atoms with Gasteiger partial charge in [-0.05, 0) is 43.1 Å². The lowest BCUT2D eigenvalue weighted by Gasteiger charge is -2.38. The summed E-state index contributed by atoms with van der Waals surface area (Å²) in [5.41, 5.74) is 5.10. The fraction of sp³-hybridized carbons (Fsp3) is 0.625. The molecule has 1 atom stereocenters. The molecule has 1 aliphatic heterocycles. The lowest BCUT2D eigenvalue weighted by molar-refractivity contribution is -0.137. The van der Waals surface area contributed by atoms with E-state index in [0.29, 0.717) is 31.1 Å². The zero-order valence-corrected chi connectivity index (χ0v) is 12.8. The molecule has 0 spiro atoms. The van der Waals surface area contributed by atoms with Gasteiger partial charge >= 0.3 is 6.18 Å². The van der Waals surface area contributed by atoms with Gasteiger partial charge in [-0.1, -0.05) is 0 Å². The average molecular weight is 327 g/mol. The molecule has 1 saturated carbocycles. The summed E-state index contributed by atoms with van der Waals surface area (Å²) in [4.78, 5) is 17.0. The number of carbonyl (C=O) groups is 1. The number of anilines is 1. The first kappa shape index (κ1) is 16.1. The van der Waals surface area contributed by atoms with Gasteiger partial charge in [-0.2, -0.15) is 13.2 Å². The van der Waals surface area contributed by atoms with Gasteiger partial charge < -0.3 is 10.6 Å². The van der Waals surface area contributed by atoms with Crippen LogP contribution in [0.1, 0.15) is 37.7 Å². The predicted octanol–water partition coefficient (Wildman–Crippen LogP) is 2.97. The van der Waals surface area contributed by atoms with Gasteiger partial charge in [-0.15, -0.1) is 0 Å². The lowest BCUT2D eigenvalue weighted by Crippen LogP contribution is -2.40. The van der Waals surface area contributed by atoms with E-state index in [4.69, 9.17) is 5.73 Å². The number of halogens is 3. The average Bonchev–Trinajstić information content (AvgIpc) is 3.27. The molecule has 4 nitrogen and oxygen atoms in total. The Kier molecular flexibility index (Phi) is 3.98. The quantitative estimate of drug-likeness (QED) is 0.925. The number of primary amides is 1. The molecule has 0 aromatic carbocycles. The topological polar surface area (TPSA) is 59.2 Å². The van der Waals surface area contributed by atoms with Crippen molar-refractivity contribution >= 4 is 11.6 Å². The Hall–Kier alpha value is -1.79. The molecule has 1 saturated heterocycles. The number of carbonyl (C=O) groups excluding carboxylic acids is 1. The minimum atomic E-state index is -4.39. The van der Waals surface area contributed by atoms with Crippen LogP contribution < -0.4 is 10.6 Å². The van der Waals surface area contributed by atoms with Crippen molar-refractivity contribution in [2.75, 3.05) is 18.0 Å². The molecule has 3 rings (SSSR count). The van der Waals surface area contributed by atoms with Crippen LogP contribution >= 0.6 is 0 Å². The lowest BCUT2D eigenvalue weighted by atomic mass is 9.80. The van der Waals surface area contributed by atoms with E-state index in [-0.39, 0.29) is 11.3 Å². The van der Waals surface area contributed by atoms with Crippen molar-refractivity contribution in [2.45, 2.75) is 38.3 Å². The molecule has 2 aliphatic rings. The van der Waals surface area contributed by atoms with Crippen LogP contribution in [0.15, 0.2) is 18.5 Å². The zero-order valence-electron chi connectivity index (χ0n) is 12.8. The molecule has 1 aliphatic carbocycles. The highest BCUT2D eigenvalue weighted by Gasteiger charge is 2.50. The van der Waals surface area contributed by atoms with E-state index < -0.39 is 11.7 Å². The van der Waals surface area contributed by atoms with Gasteiger partial charge in [0.25, 0.3) is 0 Å². The number of hydrogen-bond donors (Lipinski definition) is 1. The summed E-state index contributed by atoms with van der Waals surface area (Å²) in [6, 6.07) is 1.16. The highest BCUT2D eigenvalue weighted by molar-refractivity contribution is 5.75. The van der Waals surface area contributed by atoms with Crippen LogP contribution in [0.3, 0.4) is 0 Å². The van der Waals surface area contributed by atoms with E-state index in [2.05, 4.69) is 4.98 Å². The van der Waals surface area contributed by atoms with Gasteiger partial charge in [0.15, 0.2) is 0 Å². The van der Waals surface area contributed by atoms with Crippen molar-refractivity contribution in [3.63, 3.8) is 0 Å². The Labute approximate surface area is 132 Å². The number of amides is 1. The molecule has 2 fully saturated rings. The monoisotopic (exact) mass is 327 g/mol. The maximum absolute atomic E-state index is 12.8. The first-order valence-electron chi connectivity index (χ1n) is 7.86. The molecule has 7 heteroatoms. The maximum Gasteiger partial charge on any atom is 0.417 e. The molecule has 1 aromatic heterocycles. The molecule has 0 bridgehead atoms. The van der Waals surface area contributed by atoms with E-state index in [0.717, 1.165) is 37.9 Å². The summed E-state index contributed by atoms with van der Waals surface area (Å²) in [5.74, 6) is 0.0126. The predicted molar refractivity (Wildman–Crippen MR) is 79.7 cm³/mol. The molecular formula is C16H20F3N3O. The third kappa shape index (κ3) is 3.43. The van der Waals surface area contributed by atoms with Gasteiger partial charge in [-0.25, -0.2) is 0 Å². The zero-order chi connectivity index (χ0) is 16.7. The highest BCUT2D eigenvalue weighted by atomic mass is 19.4. The Morgan fingerprint density at radius 1 is 1.39 bits per heavy atom. The van der Waals surface area contributed by atoms with E-state index in [9.17, 15) is 18.0 Å². The largest absolute Gasteiger partial charge is 0.417 e. The molecule has 2 N–H and O–H groups in total. The van der Waals surface area contributed by atoms with Crippen LogP contribution in [0, 0.1) is 11.3 Å². The van der Waals surface area contributed by atoms with Crippen molar-refractivity contribution < 1.29 is 18.0 Å². The Morgan fingerprint density at radius 3 is 2.74 bits per heavy atom. The maximum atomic E-state index is 12.8. The Bertz CT molecular complexity index is 598. The molecule has 0 radical (unpaired) electrons. The number of hydrogen-bond acceptors (Lipinski definition) is 3. The first-order chi connectivity index (χ1) is 10.8. The fourth-order valence-electron chi connectivity index (χ4n) is 3.70. The number of nitrogens with two attached hydrogens (primary N) is 1. The number of nitrogens with zero attached hydrogens (tertiary/aromatic N) is 2. The summed E-state index contributed by atoms with van der Waals surface area (Å²) in [6.45, 7) is 1.38. The van der Waals surface area contributed by atoms with E-state index >= 15 is 0 Å². The molecule has 126 valence electrons. The van der Waals surface area contributed by atoms with Crippen molar-refractivity contribution in [1.82, 2.24) is 4.98 Å². The van der Waals surface area contributed by atoms with Gasteiger partial charge in [0.2, 0.25) is 5.91 Å². The number of piperidine rings is 1. The highest BCUT2D eigenvalue weighted by Crippen LogP contribution is 2.57. The first-order valence-corrected chi connectivity index (χ1v) is 7.86. The van der Waals surface area contributed by atoms with Crippen LogP contribution in [-0.4, -0.2) is 24.0 Å². The smallest absolute Gasteiger partial charge is 0.370 e. The number of alkyl halides is 3. The molecule has 1 amide bonds. The van der Waals surface area contributed by atoms with Crippen LogP contribution in [0.4, 0.5) is 18.9 Å². The fourth-order valence-corrected chi connectivity index (χ4v) is 3.70. The van der Waals surface area contributed by atoms with Gasteiger partial charge in [0.05, 0.1) is 17.4 Å².